The Bertz CT molecular complexity index is 278. The van der Waals surface area contributed by atoms with Crippen LogP contribution in [0.15, 0.2) is 29.2 Å². The number of benzene rings is 1. The van der Waals surface area contributed by atoms with Crippen molar-refractivity contribution in [3.8, 4) is 0 Å². The molecular formula is C11H17NOS. The van der Waals surface area contributed by atoms with E-state index in [0.29, 0.717) is 6.04 Å². The van der Waals surface area contributed by atoms with Crippen LogP contribution in [0.25, 0.3) is 0 Å². The van der Waals surface area contributed by atoms with Crippen LogP contribution >= 0.6 is 11.8 Å². The molecular weight excluding hydrogens is 194 g/mol. The smallest absolute Gasteiger partial charge is 0.0661 e. The number of rotatable bonds is 5. The topological polar surface area (TPSA) is 21.3 Å². The molecule has 0 saturated carbocycles. The van der Waals surface area contributed by atoms with Gasteiger partial charge in [0.15, 0.2) is 0 Å². The second-order valence-electron chi connectivity index (χ2n) is 3.20. The van der Waals surface area contributed by atoms with Crippen LogP contribution in [0.1, 0.15) is 6.92 Å². The lowest BCUT2D eigenvalue weighted by Gasteiger charge is -2.16. The van der Waals surface area contributed by atoms with Gasteiger partial charge in [-0.1, -0.05) is 12.1 Å². The molecule has 0 radical (unpaired) electrons. The van der Waals surface area contributed by atoms with Gasteiger partial charge in [-0.25, -0.2) is 0 Å². The van der Waals surface area contributed by atoms with Crippen LogP contribution in [0.2, 0.25) is 0 Å². The van der Waals surface area contributed by atoms with Crippen LogP contribution in [0, 0.1) is 0 Å². The monoisotopic (exact) mass is 211 g/mol. The first-order chi connectivity index (χ1) is 6.77. The van der Waals surface area contributed by atoms with E-state index in [0.717, 1.165) is 6.61 Å². The number of anilines is 1. The standard InChI is InChI=1S/C11H17NOS/c1-9(8-13-2)12-10-6-4-5-7-11(10)14-3/h4-7,9,12H,8H2,1-3H3/t9-/m1/s1. The maximum Gasteiger partial charge on any atom is 0.0661 e. The summed E-state index contributed by atoms with van der Waals surface area (Å²) in [5.41, 5.74) is 1.18. The summed E-state index contributed by atoms with van der Waals surface area (Å²) in [7, 11) is 1.72. The average molecular weight is 211 g/mol. The largest absolute Gasteiger partial charge is 0.383 e. The van der Waals surface area contributed by atoms with Crippen molar-refractivity contribution in [2.24, 2.45) is 0 Å². The minimum atomic E-state index is 0.341. The van der Waals surface area contributed by atoms with Gasteiger partial charge < -0.3 is 10.1 Å². The van der Waals surface area contributed by atoms with Gasteiger partial charge in [0.2, 0.25) is 0 Å². The number of nitrogens with one attached hydrogen (secondary N) is 1. The molecule has 0 aliphatic carbocycles. The fraction of sp³-hybridized carbons (Fsp3) is 0.455. The van der Waals surface area contributed by atoms with Crippen LogP contribution in [-0.2, 0) is 4.74 Å². The fourth-order valence-corrected chi connectivity index (χ4v) is 1.88. The van der Waals surface area contributed by atoms with Gasteiger partial charge >= 0.3 is 0 Å². The predicted molar refractivity (Wildman–Crippen MR) is 63.2 cm³/mol. The summed E-state index contributed by atoms with van der Waals surface area (Å²) in [6.45, 7) is 2.84. The second-order valence-corrected chi connectivity index (χ2v) is 4.05. The van der Waals surface area contributed by atoms with E-state index in [4.69, 9.17) is 4.74 Å². The average Bonchev–Trinajstić information content (AvgIpc) is 2.19. The van der Waals surface area contributed by atoms with Gasteiger partial charge in [0.25, 0.3) is 0 Å². The molecule has 1 atom stereocenters. The van der Waals surface area contributed by atoms with Crippen molar-refractivity contribution in [3.05, 3.63) is 24.3 Å². The molecule has 0 heterocycles. The van der Waals surface area contributed by atoms with Crippen molar-refractivity contribution in [1.29, 1.82) is 0 Å². The highest BCUT2D eigenvalue weighted by Crippen LogP contribution is 2.24. The SMILES string of the molecule is COC[C@@H](C)Nc1ccccc1SC. The Kier molecular flexibility index (Phi) is 4.84. The summed E-state index contributed by atoms with van der Waals surface area (Å²) in [5, 5.41) is 3.42. The van der Waals surface area contributed by atoms with Gasteiger partial charge in [0.05, 0.1) is 6.61 Å². The molecule has 14 heavy (non-hydrogen) atoms. The Hall–Kier alpha value is -0.670. The van der Waals surface area contributed by atoms with Gasteiger partial charge in [-0.15, -0.1) is 11.8 Å². The zero-order valence-electron chi connectivity index (χ0n) is 8.91. The molecule has 0 amide bonds. The maximum absolute atomic E-state index is 5.08. The third kappa shape index (κ3) is 3.24. The summed E-state index contributed by atoms with van der Waals surface area (Å²) < 4.78 is 5.08. The first-order valence-electron chi connectivity index (χ1n) is 4.66. The molecule has 0 bridgehead atoms. The summed E-state index contributed by atoms with van der Waals surface area (Å²) in [6.07, 6.45) is 2.08. The third-order valence-electron chi connectivity index (χ3n) is 1.93. The molecule has 0 saturated heterocycles. The first-order valence-corrected chi connectivity index (χ1v) is 5.89. The molecule has 1 aromatic rings. The summed E-state index contributed by atoms with van der Waals surface area (Å²) >= 11 is 1.75. The van der Waals surface area contributed by atoms with E-state index < -0.39 is 0 Å². The maximum atomic E-state index is 5.08. The Labute approximate surface area is 90.0 Å². The summed E-state index contributed by atoms with van der Waals surface area (Å²) in [5.74, 6) is 0. The van der Waals surface area contributed by atoms with E-state index in [-0.39, 0.29) is 0 Å². The zero-order chi connectivity index (χ0) is 10.4. The molecule has 2 nitrogen and oxygen atoms in total. The highest BCUT2D eigenvalue weighted by molar-refractivity contribution is 7.98. The lowest BCUT2D eigenvalue weighted by atomic mass is 10.3. The number of thioether (sulfide) groups is 1. The molecule has 0 aliphatic rings. The molecule has 0 aliphatic heterocycles. The highest BCUT2D eigenvalue weighted by Gasteiger charge is 2.04. The predicted octanol–water partition coefficient (Wildman–Crippen LogP) is 2.86. The van der Waals surface area contributed by atoms with Crippen molar-refractivity contribution in [1.82, 2.24) is 0 Å². The number of methoxy groups -OCH3 is 1. The molecule has 0 fully saturated rings. The zero-order valence-corrected chi connectivity index (χ0v) is 9.73. The minimum Gasteiger partial charge on any atom is -0.383 e. The Morgan fingerprint density at radius 1 is 1.43 bits per heavy atom. The van der Waals surface area contributed by atoms with Gasteiger partial charge in [0.1, 0.15) is 0 Å². The Morgan fingerprint density at radius 2 is 2.14 bits per heavy atom. The first kappa shape index (κ1) is 11.4. The molecule has 1 N–H and O–H groups in total. The lowest BCUT2D eigenvalue weighted by Crippen LogP contribution is -2.21. The van der Waals surface area contributed by atoms with Gasteiger partial charge in [0, 0.05) is 23.7 Å². The van der Waals surface area contributed by atoms with Crippen molar-refractivity contribution < 1.29 is 4.74 Å². The van der Waals surface area contributed by atoms with Gasteiger partial charge in [-0.05, 0) is 25.3 Å². The quantitative estimate of drug-likeness (QED) is 0.757. The van der Waals surface area contributed by atoms with E-state index in [2.05, 4.69) is 36.7 Å². The molecule has 0 aromatic heterocycles. The summed E-state index contributed by atoms with van der Waals surface area (Å²) in [6, 6.07) is 8.65. The van der Waals surface area contributed by atoms with Crippen molar-refractivity contribution in [2.75, 3.05) is 25.3 Å². The van der Waals surface area contributed by atoms with Crippen LogP contribution in [0.3, 0.4) is 0 Å². The molecule has 78 valence electrons. The Balaban J connectivity index is 2.65. The number of hydrogen-bond acceptors (Lipinski definition) is 3. The van der Waals surface area contributed by atoms with E-state index in [9.17, 15) is 0 Å². The number of para-hydroxylation sites is 1. The summed E-state index contributed by atoms with van der Waals surface area (Å²) in [4.78, 5) is 1.27. The lowest BCUT2D eigenvalue weighted by molar-refractivity contribution is 0.190. The van der Waals surface area contributed by atoms with Crippen molar-refractivity contribution >= 4 is 17.4 Å². The fourth-order valence-electron chi connectivity index (χ4n) is 1.32. The molecule has 0 spiro atoms. The van der Waals surface area contributed by atoms with E-state index in [1.807, 2.05) is 6.07 Å². The van der Waals surface area contributed by atoms with Gasteiger partial charge in [-0.2, -0.15) is 0 Å². The highest BCUT2D eigenvalue weighted by atomic mass is 32.2. The molecule has 1 aromatic carbocycles. The number of ether oxygens (including phenoxy) is 1. The van der Waals surface area contributed by atoms with Gasteiger partial charge in [-0.3, -0.25) is 0 Å². The van der Waals surface area contributed by atoms with Crippen LogP contribution in [0.4, 0.5) is 5.69 Å². The minimum absolute atomic E-state index is 0.341. The molecule has 3 heteroatoms. The molecule has 0 unspecified atom stereocenters. The van der Waals surface area contributed by atoms with Crippen LogP contribution in [-0.4, -0.2) is 26.0 Å². The number of hydrogen-bond donors (Lipinski definition) is 1. The Morgan fingerprint density at radius 3 is 2.79 bits per heavy atom. The van der Waals surface area contributed by atoms with Crippen molar-refractivity contribution in [3.63, 3.8) is 0 Å². The van der Waals surface area contributed by atoms with E-state index in [1.165, 1.54) is 10.6 Å². The normalized spacial score (nSPS) is 12.5. The molecule has 1 rings (SSSR count). The van der Waals surface area contributed by atoms with E-state index >= 15 is 0 Å². The van der Waals surface area contributed by atoms with E-state index in [1.54, 1.807) is 18.9 Å². The van der Waals surface area contributed by atoms with Crippen LogP contribution < -0.4 is 5.32 Å². The third-order valence-corrected chi connectivity index (χ3v) is 2.72. The second kappa shape index (κ2) is 5.94. The van der Waals surface area contributed by atoms with Crippen LogP contribution in [0.5, 0.6) is 0 Å². The van der Waals surface area contributed by atoms with Crippen molar-refractivity contribution in [2.45, 2.75) is 17.9 Å².